The van der Waals surface area contributed by atoms with Gasteiger partial charge in [0.2, 0.25) is 0 Å². The zero-order valence-electron chi connectivity index (χ0n) is 9.29. The van der Waals surface area contributed by atoms with E-state index in [-0.39, 0.29) is 10.8 Å². The summed E-state index contributed by atoms with van der Waals surface area (Å²) in [7, 11) is 0. The lowest BCUT2D eigenvalue weighted by Crippen LogP contribution is -2.40. The highest BCUT2D eigenvalue weighted by atomic mass is 14.6. The molecule has 0 unspecified atom stereocenters. The minimum absolute atomic E-state index is 0.00502. The van der Waals surface area contributed by atoms with Crippen molar-refractivity contribution in [2.24, 2.45) is 10.8 Å². The molecule has 0 aromatic rings. The molecule has 16 heavy (non-hydrogen) atoms. The molecule has 3 aliphatic carbocycles. The van der Waals surface area contributed by atoms with Crippen molar-refractivity contribution in [2.75, 3.05) is 0 Å². The quantitative estimate of drug-likeness (QED) is 0.616. The van der Waals surface area contributed by atoms with Crippen LogP contribution in [0, 0.1) is 33.5 Å². The monoisotopic (exact) mass is 210 g/mol. The van der Waals surface area contributed by atoms with Gasteiger partial charge in [0.05, 0.1) is 12.1 Å². The molecule has 2 nitrogen and oxygen atoms in total. The molecular formula is C14H14N2. The maximum absolute atomic E-state index is 9.28. The highest BCUT2D eigenvalue weighted by Gasteiger charge is 2.61. The standard InChI is InChI=1S/C14H14N2/c15-9-11-4-8-14-6-2-1-5-13(11,14)7-3-12(14)10-16/h3-4H,1-2,5-8H2/t13-,14+. The van der Waals surface area contributed by atoms with E-state index in [0.717, 1.165) is 36.8 Å². The summed E-state index contributed by atoms with van der Waals surface area (Å²) in [4.78, 5) is 0. The van der Waals surface area contributed by atoms with Crippen molar-refractivity contribution in [1.29, 1.82) is 10.5 Å². The van der Waals surface area contributed by atoms with Gasteiger partial charge in [-0.15, -0.1) is 0 Å². The first-order valence-electron chi connectivity index (χ1n) is 6.01. The van der Waals surface area contributed by atoms with Crippen LogP contribution in [-0.2, 0) is 0 Å². The Bertz CT molecular complexity index is 440. The van der Waals surface area contributed by atoms with E-state index in [1.165, 1.54) is 12.8 Å². The lowest BCUT2D eigenvalue weighted by atomic mass is 9.55. The second kappa shape index (κ2) is 2.98. The summed E-state index contributed by atoms with van der Waals surface area (Å²) in [6.45, 7) is 0. The van der Waals surface area contributed by atoms with Gasteiger partial charge in [0.1, 0.15) is 0 Å². The Hall–Kier alpha value is -1.54. The molecule has 0 heterocycles. The van der Waals surface area contributed by atoms with Gasteiger partial charge in [-0.1, -0.05) is 25.0 Å². The van der Waals surface area contributed by atoms with Crippen LogP contribution in [0.4, 0.5) is 0 Å². The van der Waals surface area contributed by atoms with Crippen LogP contribution in [0.5, 0.6) is 0 Å². The van der Waals surface area contributed by atoms with Crippen molar-refractivity contribution in [3.05, 3.63) is 23.3 Å². The first-order valence-corrected chi connectivity index (χ1v) is 6.01. The fraction of sp³-hybridized carbons (Fsp3) is 0.571. The summed E-state index contributed by atoms with van der Waals surface area (Å²) in [5.41, 5.74) is 1.92. The molecule has 0 aromatic carbocycles. The minimum atomic E-state index is 0.00502. The molecule has 1 saturated carbocycles. The van der Waals surface area contributed by atoms with Crippen LogP contribution >= 0.6 is 0 Å². The summed E-state index contributed by atoms with van der Waals surface area (Å²) < 4.78 is 0. The predicted molar refractivity (Wildman–Crippen MR) is 60.0 cm³/mol. The summed E-state index contributed by atoms with van der Waals surface area (Å²) >= 11 is 0. The van der Waals surface area contributed by atoms with Gasteiger partial charge in [-0.05, 0) is 25.7 Å². The molecular weight excluding hydrogens is 196 g/mol. The van der Waals surface area contributed by atoms with Crippen LogP contribution in [-0.4, -0.2) is 0 Å². The predicted octanol–water partition coefficient (Wildman–Crippen LogP) is 3.24. The average molecular weight is 210 g/mol. The fourth-order valence-electron chi connectivity index (χ4n) is 4.18. The molecule has 0 N–H and O–H groups in total. The van der Waals surface area contributed by atoms with Crippen LogP contribution in [0.2, 0.25) is 0 Å². The summed E-state index contributed by atoms with van der Waals surface area (Å²) in [5.74, 6) is 0. The van der Waals surface area contributed by atoms with Crippen molar-refractivity contribution >= 4 is 0 Å². The number of allylic oxidation sites excluding steroid dienone is 4. The van der Waals surface area contributed by atoms with E-state index in [1.54, 1.807) is 0 Å². The van der Waals surface area contributed by atoms with Crippen LogP contribution in [0.25, 0.3) is 0 Å². The van der Waals surface area contributed by atoms with Crippen molar-refractivity contribution in [1.82, 2.24) is 0 Å². The van der Waals surface area contributed by atoms with Crippen molar-refractivity contribution in [3.63, 3.8) is 0 Å². The van der Waals surface area contributed by atoms with Crippen LogP contribution in [0.1, 0.15) is 38.5 Å². The van der Waals surface area contributed by atoms with Gasteiger partial charge in [-0.3, -0.25) is 0 Å². The lowest BCUT2D eigenvalue weighted by molar-refractivity contribution is 0.0978. The van der Waals surface area contributed by atoms with Gasteiger partial charge in [0.25, 0.3) is 0 Å². The SMILES string of the molecule is N#CC1=CC[C@]23CCCC[C@@]12CC=C3C#N. The molecule has 3 aliphatic rings. The number of nitriles is 2. The summed E-state index contributed by atoms with van der Waals surface area (Å²) in [5, 5.41) is 18.6. The third-order valence-electron chi connectivity index (χ3n) is 4.95. The Morgan fingerprint density at radius 3 is 1.69 bits per heavy atom. The Labute approximate surface area is 95.9 Å². The van der Waals surface area contributed by atoms with Crippen LogP contribution < -0.4 is 0 Å². The van der Waals surface area contributed by atoms with Crippen molar-refractivity contribution in [2.45, 2.75) is 38.5 Å². The van der Waals surface area contributed by atoms with E-state index < -0.39 is 0 Å². The second-order valence-corrected chi connectivity index (χ2v) is 5.24. The molecule has 0 aliphatic heterocycles. The van der Waals surface area contributed by atoms with E-state index >= 15 is 0 Å². The minimum Gasteiger partial charge on any atom is -0.193 e. The topological polar surface area (TPSA) is 47.6 Å². The van der Waals surface area contributed by atoms with E-state index in [9.17, 15) is 10.5 Å². The van der Waals surface area contributed by atoms with E-state index in [4.69, 9.17) is 0 Å². The molecule has 3 rings (SSSR count). The summed E-state index contributed by atoms with van der Waals surface area (Å²) in [6.07, 6.45) is 10.6. The fourth-order valence-corrected chi connectivity index (χ4v) is 4.18. The maximum atomic E-state index is 9.28. The molecule has 1 fully saturated rings. The molecule has 0 spiro atoms. The molecule has 0 amide bonds. The van der Waals surface area contributed by atoms with Crippen LogP contribution in [0.15, 0.2) is 23.3 Å². The van der Waals surface area contributed by atoms with Crippen molar-refractivity contribution < 1.29 is 0 Å². The normalized spacial score (nSPS) is 40.1. The van der Waals surface area contributed by atoms with Gasteiger partial charge >= 0.3 is 0 Å². The zero-order chi connectivity index (χ0) is 11.2. The zero-order valence-corrected chi connectivity index (χ0v) is 9.29. The molecule has 0 aromatic heterocycles. The average Bonchev–Trinajstić information content (AvgIpc) is 2.81. The number of hydrogen-bond acceptors (Lipinski definition) is 2. The highest BCUT2D eigenvalue weighted by Crippen LogP contribution is 2.68. The first-order chi connectivity index (χ1) is 7.79. The maximum Gasteiger partial charge on any atom is 0.0950 e. The summed E-state index contributed by atoms with van der Waals surface area (Å²) in [6, 6.07) is 4.77. The molecule has 2 heteroatoms. The van der Waals surface area contributed by atoms with Crippen LogP contribution in [0.3, 0.4) is 0 Å². The van der Waals surface area contributed by atoms with Gasteiger partial charge < -0.3 is 0 Å². The Kier molecular flexibility index (Phi) is 1.80. The molecule has 0 bridgehead atoms. The lowest BCUT2D eigenvalue weighted by Gasteiger charge is -2.46. The van der Waals surface area contributed by atoms with Gasteiger partial charge in [-0.2, -0.15) is 10.5 Å². The number of hydrogen-bond donors (Lipinski definition) is 0. The van der Waals surface area contributed by atoms with Gasteiger partial charge in [0, 0.05) is 22.0 Å². The third-order valence-corrected chi connectivity index (χ3v) is 4.95. The molecule has 80 valence electrons. The first kappa shape index (κ1) is 9.67. The highest BCUT2D eigenvalue weighted by molar-refractivity contribution is 5.51. The molecule has 0 saturated heterocycles. The number of nitrogens with zero attached hydrogens (tertiary/aromatic N) is 2. The Morgan fingerprint density at radius 1 is 0.875 bits per heavy atom. The smallest absolute Gasteiger partial charge is 0.0950 e. The Morgan fingerprint density at radius 2 is 1.31 bits per heavy atom. The van der Waals surface area contributed by atoms with E-state index in [0.29, 0.717) is 0 Å². The third kappa shape index (κ3) is 0.828. The van der Waals surface area contributed by atoms with E-state index in [1.807, 2.05) is 0 Å². The van der Waals surface area contributed by atoms with E-state index in [2.05, 4.69) is 24.3 Å². The van der Waals surface area contributed by atoms with Gasteiger partial charge in [-0.25, -0.2) is 0 Å². The number of rotatable bonds is 0. The second-order valence-electron chi connectivity index (χ2n) is 5.24. The van der Waals surface area contributed by atoms with Gasteiger partial charge in [0.15, 0.2) is 0 Å². The molecule has 2 atom stereocenters. The molecule has 0 radical (unpaired) electrons. The van der Waals surface area contributed by atoms with Crippen molar-refractivity contribution in [3.8, 4) is 12.1 Å². The largest absolute Gasteiger partial charge is 0.193 e. The Balaban J connectivity index is 2.15.